The van der Waals surface area contributed by atoms with Crippen LogP contribution in [0, 0.1) is 0 Å². The smallest absolute Gasteiger partial charge is 0.0975 e. The van der Waals surface area contributed by atoms with Crippen LogP contribution >= 0.6 is 11.3 Å². The average molecular weight is 281 g/mol. The third kappa shape index (κ3) is 2.99. The van der Waals surface area contributed by atoms with Crippen molar-refractivity contribution in [3.63, 3.8) is 0 Å². The van der Waals surface area contributed by atoms with Gasteiger partial charge in [-0.15, -0.1) is 11.3 Å². The largest absolute Gasteiger partial charge is 0.242 e. The van der Waals surface area contributed by atoms with Gasteiger partial charge in [0.05, 0.1) is 15.7 Å². The van der Waals surface area contributed by atoms with Crippen molar-refractivity contribution < 1.29 is 4.21 Å². The summed E-state index contributed by atoms with van der Waals surface area (Å²) in [7, 11) is -1.04. The predicted octanol–water partition coefficient (Wildman–Crippen LogP) is 4.01. The van der Waals surface area contributed by atoms with Crippen molar-refractivity contribution in [3.05, 3.63) is 35.2 Å². The van der Waals surface area contributed by atoms with Gasteiger partial charge >= 0.3 is 0 Å². The van der Waals surface area contributed by atoms with E-state index in [1.807, 2.05) is 20.8 Å². The Morgan fingerprint density at radius 3 is 2.67 bits per heavy atom. The highest BCUT2D eigenvalue weighted by atomic mass is 32.2. The number of benzene rings is 1. The van der Waals surface area contributed by atoms with E-state index < -0.39 is 11.0 Å². The average Bonchev–Trinajstić information content (AvgIpc) is 2.74. The van der Waals surface area contributed by atoms with Gasteiger partial charge in [0.2, 0.25) is 0 Å². The van der Waals surface area contributed by atoms with E-state index in [0.717, 1.165) is 0 Å². The Hall–Kier alpha value is -0.710. The zero-order chi connectivity index (χ0) is 13.3. The zero-order valence-electron chi connectivity index (χ0n) is 11.2. The lowest BCUT2D eigenvalue weighted by Gasteiger charge is -2.22. The molecule has 0 bridgehead atoms. The van der Waals surface area contributed by atoms with E-state index >= 15 is 0 Å². The van der Waals surface area contributed by atoms with Crippen molar-refractivity contribution in [2.45, 2.75) is 38.5 Å². The maximum absolute atomic E-state index is 12.1. The first-order chi connectivity index (χ1) is 8.38. The van der Waals surface area contributed by atoms with Crippen LogP contribution in [0.4, 0.5) is 0 Å². The number of hydrogen-bond donors (Lipinski definition) is 1. The third-order valence-electron chi connectivity index (χ3n) is 2.82. The molecule has 0 saturated heterocycles. The molecule has 0 saturated carbocycles. The van der Waals surface area contributed by atoms with Gasteiger partial charge in [-0.3, -0.25) is 0 Å². The van der Waals surface area contributed by atoms with Gasteiger partial charge in [-0.05, 0) is 62.2 Å². The zero-order valence-corrected chi connectivity index (χ0v) is 12.8. The Labute approximate surface area is 115 Å². The fourth-order valence-corrected chi connectivity index (χ4v) is 3.24. The highest BCUT2D eigenvalue weighted by molar-refractivity contribution is 7.84. The van der Waals surface area contributed by atoms with Crippen LogP contribution in [0.3, 0.4) is 0 Å². The fourth-order valence-electron chi connectivity index (χ4n) is 1.66. The molecule has 1 heterocycles. The van der Waals surface area contributed by atoms with Gasteiger partial charge in [0.15, 0.2) is 0 Å². The molecule has 98 valence electrons. The molecule has 4 heteroatoms. The molecular weight excluding hydrogens is 262 g/mol. The van der Waals surface area contributed by atoms with Gasteiger partial charge in [-0.25, -0.2) is 8.93 Å². The number of rotatable bonds is 3. The second-order valence-corrected chi connectivity index (χ2v) is 8.38. The summed E-state index contributed by atoms with van der Waals surface area (Å²) >= 11 is 1.75. The van der Waals surface area contributed by atoms with E-state index in [-0.39, 0.29) is 10.8 Å². The predicted molar refractivity (Wildman–Crippen MR) is 81.3 cm³/mol. The first kappa shape index (κ1) is 13.7. The summed E-state index contributed by atoms with van der Waals surface area (Å²) in [5, 5.41) is 3.35. The maximum Gasteiger partial charge on any atom is 0.0975 e. The Morgan fingerprint density at radius 1 is 1.28 bits per heavy atom. The van der Waals surface area contributed by atoms with E-state index in [1.165, 1.54) is 15.6 Å². The summed E-state index contributed by atoms with van der Waals surface area (Å²) in [6.07, 6.45) is 0. The molecular formula is C14H19NOS2. The Balaban J connectivity index is 2.18. The second kappa shape index (κ2) is 5.11. The first-order valence-corrected chi connectivity index (χ1v) is 8.06. The van der Waals surface area contributed by atoms with E-state index in [4.69, 9.17) is 0 Å². The van der Waals surface area contributed by atoms with Crippen LogP contribution < -0.4 is 4.72 Å². The van der Waals surface area contributed by atoms with E-state index in [0.29, 0.717) is 0 Å². The van der Waals surface area contributed by atoms with Crippen LogP contribution in [0.15, 0.2) is 29.6 Å². The fraction of sp³-hybridized carbons (Fsp3) is 0.429. The molecule has 0 spiro atoms. The Kier molecular flexibility index (Phi) is 3.90. The van der Waals surface area contributed by atoms with Crippen molar-refractivity contribution in [1.29, 1.82) is 0 Å². The number of nitrogens with one attached hydrogen (secondary N) is 1. The Morgan fingerprint density at radius 2 is 2.00 bits per heavy atom. The monoisotopic (exact) mass is 281 g/mol. The molecule has 2 aromatic rings. The molecule has 0 radical (unpaired) electrons. The summed E-state index contributed by atoms with van der Waals surface area (Å²) in [4.78, 5) is 0. The topological polar surface area (TPSA) is 29.1 Å². The minimum atomic E-state index is -1.04. The van der Waals surface area contributed by atoms with E-state index in [9.17, 15) is 4.21 Å². The first-order valence-electron chi connectivity index (χ1n) is 6.03. The minimum absolute atomic E-state index is 0.0920. The summed E-state index contributed by atoms with van der Waals surface area (Å²) in [6.45, 7) is 7.98. The van der Waals surface area contributed by atoms with Crippen LogP contribution in [-0.2, 0) is 11.0 Å². The van der Waals surface area contributed by atoms with Crippen LogP contribution in [-0.4, -0.2) is 8.96 Å². The molecule has 0 aliphatic carbocycles. The number of fused-ring (bicyclic) bond motifs is 1. The molecule has 1 aromatic carbocycles. The van der Waals surface area contributed by atoms with Crippen molar-refractivity contribution in [3.8, 4) is 0 Å². The molecule has 2 atom stereocenters. The van der Waals surface area contributed by atoms with E-state index in [1.54, 1.807) is 11.3 Å². The van der Waals surface area contributed by atoms with Crippen LogP contribution in [0.25, 0.3) is 10.1 Å². The highest BCUT2D eigenvalue weighted by Gasteiger charge is 2.21. The third-order valence-corrected chi connectivity index (χ3v) is 5.39. The van der Waals surface area contributed by atoms with Crippen molar-refractivity contribution in [2.24, 2.45) is 0 Å². The van der Waals surface area contributed by atoms with Crippen LogP contribution in [0.5, 0.6) is 0 Å². The highest BCUT2D eigenvalue weighted by Crippen LogP contribution is 2.25. The molecule has 18 heavy (non-hydrogen) atoms. The lowest BCUT2D eigenvalue weighted by atomic mass is 10.1. The van der Waals surface area contributed by atoms with Gasteiger partial charge in [-0.2, -0.15) is 0 Å². The van der Waals surface area contributed by atoms with E-state index in [2.05, 4.69) is 41.3 Å². The lowest BCUT2D eigenvalue weighted by molar-refractivity contribution is 0.616. The second-order valence-electron chi connectivity index (χ2n) is 5.44. The van der Waals surface area contributed by atoms with Crippen molar-refractivity contribution >= 4 is 32.4 Å². The minimum Gasteiger partial charge on any atom is -0.242 e. The normalized spacial score (nSPS) is 15.8. The molecule has 1 aromatic heterocycles. The number of thiophene rings is 1. The van der Waals surface area contributed by atoms with Gasteiger partial charge in [0.25, 0.3) is 0 Å². The molecule has 0 aliphatic rings. The van der Waals surface area contributed by atoms with Gasteiger partial charge in [0.1, 0.15) is 0 Å². The number of hydrogen-bond acceptors (Lipinski definition) is 2. The summed E-state index contributed by atoms with van der Waals surface area (Å²) in [5.41, 5.74) is 1.18. The molecule has 2 rings (SSSR count). The van der Waals surface area contributed by atoms with Gasteiger partial charge in [0, 0.05) is 10.7 Å². The van der Waals surface area contributed by atoms with Crippen LogP contribution in [0.2, 0.25) is 0 Å². The molecule has 0 aliphatic heterocycles. The van der Waals surface area contributed by atoms with Crippen molar-refractivity contribution in [1.82, 2.24) is 4.72 Å². The van der Waals surface area contributed by atoms with Crippen molar-refractivity contribution in [2.75, 3.05) is 0 Å². The van der Waals surface area contributed by atoms with Gasteiger partial charge < -0.3 is 0 Å². The molecule has 2 nitrogen and oxygen atoms in total. The van der Waals surface area contributed by atoms with Gasteiger partial charge in [-0.1, -0.05) is 6.07 Å². The summed E-state index contributed by atoms with van der Waals surface area (Å²) in [5.74, 6) is 0. The maximum atomic E-state index is 12.1. The summed E-state index contributed by atoms with van der Waals surface area (Å²) < 4.78 is 16.3. The molecule has 0 fully saturated rings. The summed E-state index contributed by atoms with van der Waals surface area (Å²) in [6, 6.07) is 8.62. The Bertz CT molecular complexity index is 568. The molecule has 1 N–H and O–H groups in total. The van der Waals surface area contributed by atoms with Crippen LogP contribution in [0.1, 0.15) is 39.3 Å². The SMILES string of the molecule is CC(NS(=O)C(C)(C)C)c1ccc2sccc2c1. The molecule has 0 amide bonds. The standard InChI is InChI=1S/C14H19NOS2/c1-10(15-18(16)14(2,3)4)11-5-6-13-12(9-11)7-8-17-13/h5-10,15H,1-4H3. The lowest BCUT2D eigenvalue weighted by Crippen LogP contribution is -2.34. The molecule has 2 unspecified atom stereocenters. The quantitative estimate of drug-likeness (QED) is 0.904.